The Hall–Kier alpha value is -1.77. The Bertz CT molecular complexity index is 367. The van der Waals surface area contributed by atoms with Crippen LogP contribution in [0, 0.1) is 0 Å². The van der Waals surface area contributed by atoms with Gasteiger partial charge in [-0.05, 0) is 18.2 Å². The first-order valence-electron chi connectivity index (χ1n) is 3.65. The molecule has 0 atom stereocenters. The molecule has 2 N–H and O–H groups in total. The van der Waals surface area contributed by atoms with Gasteiger partial charge in [-0.3, -0.25) is 4.98 Å². The van der Waals surface area contributed by atoms with Crippen molar-refractivity contribution in [3.63, 3.8) is 0 Å². The predicted molar refractivity (Wildman–Crippen MR) is 45.7 cm³/mol. The second-order valence-electron chi connectivity index (χ2n) is 2.45. The molecule has 2 heterocycles. The van der Waals surface area contributed by atoms with Crippen LogP contribution in [0.5, 0.6) is 5.88 Å². The van der Waals surface area contributed by atoms with Crippen molar-refractivity contribution in [3.05, 3.63) is 36.7 Å². The molecule has 0 unspecified atom stereocenters. The third-order valence-corrected chi connectivity index (χ3v) is 1.67. The van der Waals surface area contributed by atoms with Gasteiger partial charge in [0.1, 0.15) is 0 Å². The summed E-state index contributed by atoms with van der Waals surface area (Å²) in [5.74, 6) is 0.161. The molecular formula is C9H8N2O. The molecule has 0 aliphatic rings. The van der Waals surface area contributed by atoms with Crippen LogP contribution in [0.2, 0.25) is 0 Å². The molecule has 3 heteroatoms. The molecule has 2 aromatic heterocycles. The van der Waals surface area contributed by atoms with Crippen LogP contribution >= 0.6 is 0 Å². The number of aromatic amines is 1. The standard InChI is InChI=1S/C9H8N2O/c12-9-7(4-6-11-9)8-3-1-2-5-10-8/h1-6,11-12H. The summed E-state index contributed by atoms with van der Waals surface area (Å²) in [6, 6.07) is 7.36. The minimum absolute atomic E-state index is 0.161. The van der Waals surface area contributed by atoms with E-state index in [1.165, 1.54) is 0 Å². The fourth-order valence-corrected chi connectivity index (χ4v) is 1.09. The summed E-state index contributed by atoms with van der Waals surface area (Å²) < 4.78 is 0. The number of pyridine rings is 1. The summed E-state index contributed by atoms with van der Waals surface area (Å²) in [4.78, 5) is 6.78. The minimum Gasteiger partial charge on any atom is -0.494 e. The van der Waals surface area contributed by atoms with Gasteiger partial charge in [0, 0.05) is 12.4 Å². The zero-order chi connectivity index (χ0) is 8.39. The molecule has 2 rings (SSSR count). The van der Waals surface area contributed by atoms with Crippen LogP contribution in [0.3, 0.4) is 0 Å². The van der Waals surface area contributed by atoms with E-state index in [0.717, 1.165) is 11.3 Å². The Morgan fingerprint density at radius 1 is 1.25 bits per heavy atom. The fraction of sp³-hybridized carbons (Fsp3) is 0. The van der Waals surface area contributed by atoms with Gasteiger partial charge in [-0.2, -0.15) is 0 Å². The molecule has 2 aromatic rings. The summed E-state index contributed by atoms with van der Waals surface area (Å²) in [6.07, 6.45) is 3.38. The van der Waals surface area contributed by atoms with Crippen LogP contribution in [-0.4, -0.2) is 15.1 Å². The van der Waals surface area contributed by atoms with Crippen molar-refractivity contribution in [3.8, 4) is 17.1 Å². The Morgan fingerprint density at radius 2 is 2.17 bits per heavy atom. The van der Waals surface area contributed by atoms with Crippen LogP contribution in [0.15, 0.2) is 36.7 Å². The zero-order valence-electron chi connectivity index (χ0n) is 6.36. The maximum absolute atomic E-state index is 9.31. The predicted octanol–water partition coefficient (Wildman–Crippen LogP) is 1.78. The van der Waals surface area contributed by atoms with Crippen molar-refractivity contribution in [2.24, 2.45) is 0 Å². The van der Waals surface area contributed by atoms with Gasteiger partial charge in [-0.1, -0.05) is 6.07 Å². The molecule has 60 valence electrons. The van der Waals surface area contributed by atoms with Crippen LogP contribution in [0.4, 0.5) is 0 Å². The third kappa shape index (κ3) is 1.05. The lowest BCUT2D eigenvalue weighted by molar-refractivity contribution is 0.459. The molecule has 0 saturated heterocycles. The first-order chi connectivity index (χ1) is 5.88. The molecule has 0 amide bonds. The van der Waals surface area contributed by atoms with E-state index in [-0.39, 0.29) is 5.88 Å². The average molecular weight is 160 g/mol. The number of rotatable bonds is 1. The highest BCUT2D eigenvalue weighted by molar-refractivity contribution is 5.64. The van der Waals surface area contributed by atoms with Crippen LogP contribution in [0.1, 0.15) is 0 Å². The first-order valence-corrected chi connectivity index (χ1v) is 3.65. The lowest BCUT2D eigenvalue weighted by Gasteiger charge is -1.95. The number of nitrogens with zero attached hydrogens (tertiary/aromatic N) is 1. The van der Waals surface area contributed by atoms with Gasteiger partial charge in [0.2, 0.25) is 0 Å². The van der Waals surface area contributed by atoms with E-state index in [4.69, 9.17) is 0 Å². The van der Waals surface area contributed by atoms with Crippen LogP contribution in [0.25, 0.3) is 11.3 Å². The molecular weight excluding hydrogens is 152 g/mol. The van der Waals surface area contributed by atoms with Gasteiger partial charge in [0.15, 0.2) is 5.88 Å². The molecule has 0 aliphatic carbocycles. The van der Waals surface area contributed by atoms with E-state index < -0.39 is 0 Å². The molecule has 0 aliphatic heterocycles. The molecule has 0 saturated carbocycles. The fourth-order valence-electron chi connectivity index (χ4n) is 1.09. The maximum Gasteiger partial charge on any atom is 0.197 e. The van der Waals surface area contributed by atoms with Gasteiger partial charge >= 0.3 is 0 Å². The summed E-state index contributed by atoms with van der Waals surface area (Å²) >= 11 is 0. The summed E-state index contributed by atoms with van der Waals surface area (Å²) in [5, 5.41) is 9.31. The number of aromatic hydroxyl groups is 1. The average Bonchev–Trinajstić information content (AvgIpc) is 2.53. The molecule has 0 aromatic carbocycles. The van der Waals surface area contributed by atoms with Crippen molar-refractivity contribution in [1.29, 1.82) is 0 Å². The Morgan fingerprint density at radius 3 is 2.75 bits per heavy atom. The third-order valence-electron chi connectivity index (χ3n) is 1.67. The van der Waals surface area contributed by atoms with E-state index in [1.807, 2.05) is 18.2 Å². The number of hydrogen-bond donors (Lipinski definition) is 2. The van der Waals surface area contributed by atoms with Crippen molar-refractivity contribution in [2.75, 3.05) is 0 Å². The maximum atomic E-state index is 9.31. The first kappa shape index (κ1) is 6.91. The van der Waals surface area contributed by atoms with Gasteiger partial charge in [0.05, 0.1) is 11.3 Å². The quantitative estimate of drug-likeness (QED) is 0.668. The van der Waals surface area contributed by atoms with Gasteiger partial charge < -0.3 is 10.1 Å². The van der Waals surface area contributed by atoms with Crippen molar-refractivity contribution in [1.82, 2.24) is 9.97 Å². The topological polar surface area (TPSA) is 48.9 Å². The van der Waals surface area contributed by atoms with E-state index in [2.05, 4.69) is 9.97 Å². The highest BCUT2D eigenvalue weighted by Gasteiger charge is 2.03. The molecule has 0 fully saturated rings. The Kier molecular flexibility index (Phi) is 1.55. The number of aromatic nitrogens is 2. The summed E-state index contributed by atoms with van der Waals surface area (Å²) in [6.45, 7) is 0. The second kappa shape index (κ2) is 2.70. The molecule has 0 radical (unpaired) electrons. The molecule has 0 bridgehead atoms. The Balaban J connectivity index is 2.51. The SMILES string of the molecule is Oc1[nH]ccc1-c1ccccn1. The van der Waals surface area contributed by atoms with Crippen LogP contribution in [-0.2, 0) is 0 Å². The highest BCUT2D eigenvalue weighted by Crippen LogP contribution is 2.24. The van der Waals surface area contributed by atoms with E-state index in [0.29, 0.717) is 0 Å². The number of nitrogens with one attached hydrogen (secondary N) is 1. The van der Waals surface area contributed by atoms with E-state index in [1.54, 1.807) is 18.5 Å². The Labute approximate surface area is 69.7 Å². The number of hydrogen-bond acceptors (Lipinski definition) is 2. The van der Waals surface area contributed by atoms with Gasteiger partial charge in [-0.25, -0.2) is 0 Å². The lowest BCUT2D eigenvalue weighted by Crippen LogP contribution is -1.78. The van der Waals surface area contributed by atoms with Gasteiger partial charge in [0.25, 0.3) is 0 Å². The normalized spacial score (nSPS) is 10.0. The highest BCUT2D eigenvalue weighted by atomic mass is 16.3. The monoisotopic (exact) mass is 160 g/mol. The van der Waals surface area contributed by atoms with Crippen LogP contribution < -0.4 is 0 Å². The van der Waals surface area contributed by atoms with Crippen molar-refractivity contribution < 1.29 is 5.11 Å². The van der Waals surface area contributed by atoms with E-state index >= 15 is 0 Å². The van der Waals surface area contributed by atoms with Crippen molar-refractivity contribution in [2.45, 2.75) is 0 Å². The minimum atomic E-state index is 0.161. The summed E-state index contributed by atoms with van der Waals surface area (Å²) in [7, 11) is 0. The van der Waals surface area contributed by atoms with E-state index in [9.17, 15) is 5.11 Å². The zero-order valence-corrected chi connectivity index (χ0v) is 6.36. The summed E-state index contributed by atoms with van der Waals surface area (Å²) in [5.41, 5.74) is 1.51. The van der Waals surface area contributed by atoms with Crippen molar-refractivity contribution >= 4 is 0 Å². The molecule has 12 heavy (non-hydrogen) atoms. The largest absolute Gasteiger partial charge is 0.494 e. The lowest BCUT2D eigenvalue weighted by atomic mass is 10.2. The molecule has 3 nitrogen and oxygen atoms in total. The van der Waals surface area contributed by atoms with Gasteiger partial charge in [-0.15, -0.1) is 0 Å². The number of H-pyrrole nitrogens is 1. The molecule has 0 spiro atoms. The smallest absolute Gasteiger partial charge is 0.197 e. The second-order valence-corrected chi connectivity index (χ2v) is 2.45.